The van der Waals surface area contributed by atoms with Crippen LogP contribution in [0, 0.1) is 0 Å². The molecule has 0 saturated carbocycles. The van der Waals surface area contributed by atoms with E-state index in [-0.39, 0.29) is 5.69 Å². The molecule has 0 saturated heterocycles. The Morgan fingerprint density at radius 1 is 1.19 bits per heavy atom. The lowest BCUT2D eigenvalue weighted by atomic mass is 10.2. The first-order chi connectivity index (χ1) is 10.1. The Kier molecular flexibility index (Phi) is 5.48. The van der Waals surface area contributed by atoms with Gasteiger partial charge in [-0.3, -0.25) is 4.79 Å². The first kappa shape index (κ1) is 15.2. The maximum atomic E-state index is 10.8. The Hall–Kier alpha value is -2.18. The Morgan fingerprint density at radius 3 is 2.57 bits per heavy atom. The molecule has 2 rings (SSSR count). The van der Waals surface area contributed by atoms with Gasteiger partial charge in [0.25, 0.3) is 5.91 Å². The molecule has 6 nitrogen and oxygen atoms in total. The molecule has 1 aromatic carbocycles. The fraction of sp³-hybridized carbons (Fsp3) is 0.214. The van der Waals surface area contributed by atoms with Crippen LogP contribution in [0.25, 0.3) is 0 Å². The standard InChI is InChI=1S/C14H15ClN4O2/c15-11-3-1-10(2-4-11)9-21-8-7-17-13-6-5-12(14(16)20)18-19-13/h1-6H,7-9H2,(H2,16,20)(H,17,19). The minimum Gasteiger partial charge on any atom is -0.375 e. The SMILES string of the molecule is NC(=O)c1ccc(NCCOCc2ccc(Cl)cc2)nn1. The van der Waals surface area contributed by atoms with Crippen LogP contribution < -0.4 is 11.1 Å². The van der Waals surface area contributed by atoms with Gasteiger partial charge < -0.3 is 15.8 Å². The number of aromatic nitrogens is 2. The zero-order chi connectivity index (χ0) is 15.1. The fourth-order valence-corrected chi connectivity index (χ4v) is 1.71. The molecule has 3 N–H and O–H groups in total. The zero-order valence-corrected chi connectivity index (χ0v) is 12.0. The topological polar surface area (TPSA) is 90.1 Å². The number of carbonyl (C=O) groups excluding carboxylic acids is 1. The number of halogens is 1. The molecule has 0 aliphatic heterocycles. The van der Waals surface area contributed by atoms with Crippen molar-refractivity contribution in [3.8, 4) is 0 Å². The highest BCUT2D eigenvalue weighted by Crippen LogP contribution is 2.10. The van der Waals surface area contributed by atoms with Gasteiger partial charge in [0.15, 0.2) is 5.69 Å². The van der Waals surface area contributed by atoms with Crippen molar-refractivity contribution in [1.82, 2.24) is 10.2 Å². The summed E-state index contributed by atoms with van der Waals surface area (Å²) in [4.78, 5) is 10.8. The summed E-state index contributed by atoms with van der Waals surface area (Å²) in [6.07, 6.45) is 0. The Labute approximate surface area is 127 Å². The number of benzene rings is 1. The lowest BCUT2D eigenvalue weighted by Crippen LogP contribution is -2.15. The summed E-state index contributed by atoms with van der Waals surface area (Å²) in [6, 6.07) is 10.7. The summed E-state index contributed by atoms with van der Waals surface area (Å²) in [7, 11) is 0. The number of amides is 1. The van der Waals surface area contributed by atoms with Gasteiger partial charge in [0.05, 0.1) is 13.2 Å². The summed E-state index contributed by atoms with van der Waals surface area (Å²) >= 11 is 5.80. The molecular formula is C14H15ClN4O2. The van der Waals surface area contributed by atoms with Crippen molar-refractivity contribution in [1.29, 1.82) is 0 Å². The highest BCUT2D eigenvalue weighted by atomic mass is 35.5. The number of rotatable bonds is 7. The lowest BCUT2D eigenvalue weighted by Gasteiger charge is -2.06. The van der Waals surface area contributed by atoms with Crippen molar-refractivity contribution in [3.05, 3.63) is 52.7 Å². The lowest BCUT2D eigenvalue weighted by molar-refractivity contribution is 0.0994. The van der Waals surface area contributed by atoms with Gasteiger partial charge in [-0.1, -0.05) is 23.7 Å². The van der Waals surface area contributed by atoms with Gasteiger partial charge in [-0.05, 0) is 29.8 Å². The van der Waals surface area contributed by atoms with E-state index < -0.39 is 5.91 Å². The van der Waals surface area contributed by atoms with Crippen molar-refractivity contribution in [2.75, 3.05) is 18.5 Å². The Balaban J connectivity index is 1.67. The molecule has 0 aliphatic carbocycles. The predicted octanol–water partition coefficient (Wildman–Crippen LogP) is 1.86. The van der Waals surface area contributed by atoms with E-state index in [4.69, 9.17) is 22.1 Å². The number of hydrogen-bond acceptors (Lipinski definition) is 5. The molecule has 21 heavy (non-hydrogen) atoms. The largest absolute Gasteiger partial charge is 0.375 e. The molecule has 0 aliphatic rings. The van der Waals surface area contributed by atoms with Gasteiger partial charge in [0.1, 0.15) is 5.82 Å². The minimum absolute atomic E-state index is 0.138. The van der Waals surface area contributed by atoms with E-state index >= 15 is 0 Å². The number of nitrogens with one attached hydrogen (secondary N) is 1. The zero-order valence-electron chi connectivity index (χ0n) is 11.3. The molecule has 2 aromatic rings. The van der Waals surface area contributed by atoms with Crippen LogP contribution >= 0.6 is 11.6 Å². The van der Waals surface area contributed by atoms with Crippen molar-refractivity contribution in [2.24, 2.45) is 5.73 Å². The van der Waals surface area contributed by atoms with Crippen LogP contribution in [-0.4, -0.2) is 29.3 Å². The molecule has 7 heteroatoms. The summed E-state index contributed by atoms with van der Waals surface area (Å²) in [6.45, 7) is 1.62. The number of nitrogens with zero attached hydrogens (tertiary/aromatic N) is 2. The van der Waals surface area contributed by atoms with Crippen molar-refractivity contribution < 1.29 is 9.53 Å². The first-order valence-electron chi connectivity index (χ1n) is 6.35. The molecule has 1 amide bonds. The summed E-state index contributed by atoms with van der Waals surface area (Å²) in [5.41, 5.74) is 6.28. The smallest absolute Gasteiger partial charge is 0.269 e. The van der Waals surface area contributed by atoms with E-state index in [1.807, 2.05) is 24.3 Å². The maximum absolute atomic E-state index is 10.8. The van der Waals surface area contributed by atoms with Crippen molar-refractivity contribution >= 4 is 23.3 Å². The van der Waals surface area contributed by atoms with Crippen LogP contribution in [0.3, 0.4) is 0 Å². The third-order valence-corrected chi connectivity index (χ3v) is 2.90. The molecule has 0 radical (unpaired) electrons. The van der Waals surface area contributed by atoms with Gasteiger partial charge in [0.2, 0.25) is 0 Å². The second-order valence-corrected chi connectivity index (χ2v) is 4.71. The molecule has 0 spiro atoms. The third kappa shape index (κ3) is 5.02. The van der Waals surface area contributed by atoms with Crippen LogP contribution in [0.15, 0.2) is 36.4 Å². The monoisotopic (exact) mass is 306 g/mol. The predicted molar refractivity (Wildman–Crippen MR) is 80.1 cm³/mol. The molecule has 1 aromatic heterocycles. The van der Waals surface area contributed by atoms with E-state index in [0.717, 1.165) is 5.56 Å². The third-order valence-electron chi connectivity index (χ3n) is 2.65. The maximum Gasteiger partial charge on any atom is 0.269 e. The van der Waals surface area contributed by atoms with E-state index in [9.17, 15) is 4.79 Å². The molecular weight excluding hydrogens is 292 g/mol. The highest BCUT2D eigenvalue weighted by Gasteiger charge is 2.02. The van der Waals surface area contributed by atoms with Crippen molar-refractivity contribution in [2.45, 2.75) is 6.61 Å². The second kappa shape index (κ2) is 7.56. The molecule has 1 heterocycles. The number of anilines is 1. The van der Waals surface area contributed by atoms with Gasteiger partial charge >= 0.3 is 0 Å². The first-order valence-corrected chi connectivity index (χ1v) is 6.72. The number of hydrogen-bond donors (Lipinski definition) is 2. The van der Waals surface area contributed by atoms with E-state index in [1.165, 1.54) is 6.07 Å². The van der Waals surface area contributed by atoms with E-state index in [1.54, 1.807) is 6.07 Å². The summed E-state index contributed by atoms with van der Waals surface area (Å²) in [5.74, 6) is -0.0320. The number of ether oxygens (including phenoxy) is 1. The number of nitrogens with two attached hydrogens (primary N) is 1. The van der Waals surface area contributed by atoms with Gasteiger partial charge in [0, 0.05) is 11.6 Å². The van der Waals surface area contributed by atoms with Gasteiger partial charge in [-0.25, -0.2) is 0 Å². The molecule has 110 valence electrons. The Morgan fingerprint density at radius 2 is 1.95 bits per heavy atom. The number of carbonyl (C=O) groups is 1. The van der Waals surface area contributed by atoms with Crippen LogP contribution in [0.2, 0.25) is 5.02 Å². The van der Waals surface area contributed by atoms with Crippen LogP contribution in [-0.2, 0) is 11.3 Å². The summed E-state index contributed by atoms with van der Waals surface area (Å²) < 4.78 is 5.52. The van der Waals surface area contributed by atoms with Gasteiger partial charge in [-0.2, -0.15) is 0 Å². The van der Waals surface area contributed by atoms with E-state index in [0.29, 0.717) is 30.6 Å². The van der Waals surface area contributed by atoms with Crippen LogP contribution in [0.5, 0.6) is 0 Å². The average Bonchev–Trinajstić information content (AvgIpc) is 2.49. The second-order valence-electron chi connectivity index (χ2n) is 4.27. The minimum atomic E-state index is -0.597. The van der Waals surface area contributed by atoms with Crippen LogP contribution in [0.1, 0.15) is 16.1 Å². The molecule has 0 atom stereocenters. The normalized spacial score (nSPS) is 10.3. The van der Waals surface area contributed by atoms with E-state index in [2.05, 4.69) is 15.5 Å². The molecule has 0 unspecified atom stereocenters. The highest BCUT2D eigenvalue weighted by molar-refractivity contribution is 6.30. The van der Waals surface area contributed by atoms with Crippen molar-refractivity contribution in [3.63, 3.8) is 0 Å². The molecule has 0 bridgehead atoms. The van der Waals surface area contributed by atoms with Gasteiger partial charge in [-0.15, -0.1) is 10.2 Å². The summed E-state index contributed by atoms with van der Waals surface area (Å²) in [5, 5.41) is 11.3. The Bertz CT molecular complexity index is 587. The molecule has 0 fully saturated rings. The quantitative estimate of drug-likeness (QED) is 0.762. The fourth-order valence-electron chi connectivity index (χ4n) is 1.58. The van der Waals surface area contributed by atoms with Crippen LogP contribution in [0.4, 0.5) is 5.82 Å². The number of primary amides is 1. The average molecular weight is 307 g/mol.